The van der Waals surface area contributed by atoms with Crippen LogP contribution in [-0.2, 0) is 4.79 Å². The molecule has 3 aromatic rings. The summed E-state index contributed by atoms with van der Waals surface area (Å²) in [7, 11) is 0. The van der Waals surface area contributed by atoms with Gasteiger partial charge in [0.1, 0.15) is 11.5 Å². The van der Waals surface area contributed by atoms with Crippen molar-refractivity contribution in [1.29, 1.82) is 0 Å². The van der Waals surface area contributed by atoms with Crippen LogP contribution in [0.3, 0.4) is 0 Å². The van der Waals surface area contributed by atoms with Crippen LogP contribution in [0.1, 0.15) is 97.8 Å². The molecular formula is C35H46F2N2O3. The number of carbonyl (C=O) groups excluding carboxylic acids is 1. The molecule has 2 atom stereocenters. The van der Waals surface area contributed by atoms with Crippen molar-refractivity contribution in [3.63, 3.8) is 0 Å². The van der Waals surface area contributed by atoms with Gasteiger partial charge in [-0.05, 0) is 81.5 Å². The number of hydrogen-bond donors (Lipinski definition) is 0. The van der Waals surface area contributed by atoms with Crippen LogP contribution in [0, 0.1) is 0 Å². The van der Waals surface area contributed by atoms with E-state index >= 15 is 0 Å². The molecular weight excluding hydrogens is 534 g/mol. The first-order chi connectivity index (χ1) is 20.3. The second-order valence-electron chi connectivity index (χ2n) is 11.3. The van der Waals surface area contributed by atoms with Gasteiger partial charge >= 0.3 is 5.97 Å². The van der Waals surface area contributed by atoms with E-state index in [1.54, 1.807) is 43.6 Å². The number of carbonyl (C=O) groups is 1. The second-order valence-corrected chi connectivity index (χ2v) is 11.3. The molecule has 1 aromatic heterocycles. The Hall–Kier alpha value is -3.35. The molecule has 2 aromatic carbocycles. The van der Waals surface area contributed by atoms with E-state index < -0.39 is 17.8 Å². The smallest absolute Gasteiger partial charge is 0.348 e. The van der Waals surface area contributed by atoms with Gasteiger partial charge in [0.05, 0.1) is 12.8 Å². The normalized spacial score (nSPS) is 13.4. The molecule has 0 unspecified atom stereocenters. The van der Waals surface area contributed by atoms with Gasteiger partial charge in [-0.3, -0.25) is 0 Å². The number of rotatable bonds is 19. The van der Waals surface area contributed by atoms with Gasteiger partial charge < -0.3 is 9.47 Å². The van der Waals surface area contributed by atoms with Gasteiger partial charge in [0, 0.05) is 23.5 Å². The number of benzene rings is 2. The fourth-order valence-electron chi connectivity index (χ4n) is 4.67. The van der Waals surface area contributed by atoms with Crippen LogP contribution >= 0.6 is 0 Å². The summed E-state index contributed by atoms with van der Waals surface area (Å²) >= 11 is 0. The zero-order valence-corrected chi connectivity index (χ0v) is 25.4. The van der Waals surface area contributed by atoms with Gasteiger partial charge in [0.2, 0.25) is 5.67 Å². The van der Waals surface area contributed by atoms with Crippen LogP contribution < -0.4 is 9.47 Å². The number of nitrogens with zero attached hydrogens (tertiary/aromatic N) is 2. The Bertz CT molecular complexity index is 1180. The largest absolute Gasteiger partial charge is 0.494 e. The molecule has 0 amide bonds. The number of unbranched alkanes of at least 4 members (excludes halogenated alkanes) is 8. The Balaban J connectivity index is 1.45. The second kappa shape index (κ2) is 17.6. The summed E-state index contributed by atoms with van der Waals surface area (Å²) in [4.78, 5) is 21.5. The van der Waals surface area contributed by atoms with E-state index in [1.807, 2.05) is 24.3 Å². The maximum atomic E-state index is 14.9. The molecule has 0 aliphatic carbocycles. The Labute approximate surface area is 250 Å². The van der Waals surface area contributed by atoms with Gasteiger partial charge in [0.25, 0.3) is 0 Å². The SMILES string of the molecule is CCCCCCCC[C@](C)(F)C(=O)Oc1ccc(-c2cnc(-c3ccc(OCCCCCC[C@H](C)F)cc3)nc2)cc1. The fraction of sp³-hybridized carbons (Fsp3) is 0.514. The monoisotopic (exact) mass is 580 g/mol. The van der Waals surface area contributed by atoms with Crippen LogP contribution in [0.5, 0.6) is 11.5 Å². The van der Waals surface area contributed by atoms with Crippen molar-refractivity contribution in [2.75, 3.05) is 6.61 Å². The first-order valence-corrected chi connectivity index (χ1v) is 15.5. The molecule has 0 N–H and O–H groups in total. The first-order valence-electron chi connectivity index (χ1n) is 15.5. The summed E-state index contributed by atoms with van der Waals surface area (Å²) in [5.41, 5.74) is 0.551. The van der Waals surface area contributed by atoms with Crippen molar-refractivity contribution in [2.45, 2.75) is 110 Å². The van der Waals surface area contributed by atoms with Gasteiger partial charge in [-0.2, -0.15) is 0 Å². The number of esters is 1. The predicted molar refractivity (Wildman–Crippen MR) is 165 cm³/mol. The van der Waals surface area contributed by atoms with Crippen molar-refractivity contribution in [3.05, 3.63) is 60.9 Å². The van der Waals surface area contributed by atoms with Crippen molar-refractivity contribution in [2.24, 2.45) is 0 Å². The maximum Gasteiger partial charge on any atom is 0.348 e. The van der Waals surface area contributed by atoms with E-state index in [4.69, 9.17) is 9.47 Å². The van der Waals surface area contributed by atoms with E-state index in [2.05, 4.69) is 16.9 Å². The molecule has 7 heteroatoms. The average Bonchev–Trinajstić information content (AvgIpc) is 2.99. The Morgan fingerprint density at radius 2 is 1.36 bits per heavy atom. The van der Waals surface area contributed by atoms with E-state index in [1.165, 1.54) is 19.8 Å². The van der Waals surface area contributed by atoms with E-state index in [0.29, 0.717) is 31.0 Å². The minimum atomic E-state index is -2.01. The third kappa shape index (κ3) is 11.5. The van der Waals surface area contributed by atoms with Crippen molar-refractivity contribution in [3.8, 4) is 34.0 Å². The number of ether oxygens (including phenoxy) is 2. The summed E-state index contributed by atoms with van der Waals surface area (Å²) in [6.45, 7) is 5.71. The standard InChI is InChI=1S/C35H46F2N2O3/c1-4-5-6-7-9-12-23-35(3,37)34(40)42-32-21-15-28(16-22-32)30-25-38-33(39-26-30)29-17-19-31(20-18-29)41-24-13-10-8-11-14-27(2)36/h15-22,25-27H,4-14,23-24H2,1-3H3/t27-,35-/m0/s1. The lowest BCUT2D eigenvalue weighted by Gasteiger charge is -2.18. The molecule has 228 valence electrons. The van der Waals surface area contributed by atoms with E-state index in [9.17, 15) is 13.6 Å². The highest BCUT2D eigenvalue weighted by atomic mass is 19.1. The average molecular weight is 581 g/mol. The molecule has 0 saturated carbocycles. The summed E-state index contributed by atoms with van der Waals surface area (Å²) in [5.74, 6) is 0.851. The fourth-order valence-corrected chi connectivity index (χ4v) is 4.67. The topological polar surface area (TPSA) is 61.3 Å². The highest BCUT2D eigenvalue weighted by molar-refractivity contribution is 5.81. The highest BCUT2D eigenvalue weighted by Gasteiger charge is 2.34. The lowest BCUT2D eigenvalue weighted by molar-refractivity contribution is -0.147. The molecule has 1 heterocycles. The first kappa shape index (κ1) is 33.2. The highest BCUT2D eigenvalue weighted by Crippen LogP contribution is 2.27. The lowest BCUT2D eigenvalue weighted by atomic mass is 9.99. The van der Waals surface area contributed by atoms with Crippen LogP contribution in [-0.4, -0.2) is 34.4 Å². The van der Waals surface area contributed by atoms with Crippen LogP contribution in [0.15, 0.2) is 60.9 Å². The predicted octanol–water partition coefficient (Wildman–Crippen LogP) is 9.88. The summed E-state index contributed by atoms with van der Waals surface area (Å²) in [6, 6.07) is 14.6. The molecule has 0 radical (unpaired) electrons. The van der Waals surface area contributed by atoms with Crippen LogP contribution in [0.2, 0.25) is 0 Å². The summed E-state index contributed by atoms with van der Waals surface area (Å²) < 4.78 is 38.9. The van der Waals surface area contributed by atoms with E-state index in [-0.39, 0.29) is 6.42 Å². The van der Waals surface area contributed by atoms with Crippen molar-refractivity contribution >= 4 is 5.97 Å². The van der Waals surface area contributed by atoms with E-state index in [0.717, 1.165) is 67.4 Å². The maximum absolute atomic E-state index is 14.9. The van der Waals surface area contributed by atoms with Crippen LogP contribution in [0.25, 0.3) is 22.5 Å². The van der Waals surface area contributed by atoms with Gasteiger partial charge in [-0.25, -0.2) is 23.5 Å². The molecule has 0 fully saturated rings. The quantitative estimate of drug-likeness (QED) is 0.0802. The third-order valence-electron chi connectivity index (χ3n) is 7.35. The molecule has 3 rings (SSSR count). The van der Waals surface area contributed by atoms with Gasteiger partial charge in [-0.15, -0.1) is 0 Å². The molecule has 42 heavy (non-hydrogen) atoms. The zero-order chi connectivity index (χ0) is 30.2. The zero-order valence-electron chi connectivity index (χ0n) is 25.4. The summed E-state index contributed by atoms with van der Waals surface area (Å²) in [6.07, 6.45) is 13.7. The molecule has 0 aliphatic heterocycles. The Morgan fingerprint density at radius 3 is 2.02 bits per heavy atom. The molecule has 0 bridgehead atoms. The number of aromatic nitrogens is 2. The molecule has 0 spiro atoms. The van der Waals surface area contributed by atoms with Crippen molar-refractivity contribution < 1.29 is 23.0 Å². The number of hydrogen-bond acceptors (Lipinski definition) is 5. The molecule has 5 nitrogen and oxygen atoms in total. The lowest BCUT2D eigenvalue weighted by Crippen LogP contribution is -2.34. The molecule has 0 saturated heterocycles. The number of halogens is 2. The minimum Gasteiger partial charge on any atom is -0.494 e. The third-order valence-corrected chi connectivity index (χ3v) is 7.35. The Kier molecular flexibility index (Phi) is 13.9. The van der Waals surface area contributed by atoms with Crippen LogP contribution in [0.4, 0.5) is 8.78 Å². The Morgan fingerprint density at radius 1 is 0.786 bits per heavy atom. The van der Waals surface area contributed by atoms with Crippen molar-refractivity contribution in [1.82, 2.24) is 9.97 Å². The van der Waals surface area contributed by atoms with Gasteiger partial charge in [-0.1, -0.05) is 70.4 Å². The minimum absolute atomic E-state index is 0.165. The molecule has 0 aliphatic rings. The van der Waals surface area contributed by atoms with Gasteiger partial charge in [0.15, 0.2) is 5.82 Å². The number of alkyl halides is 2. The summed E-state index contributed by atoms with van der Waals surface area (Å²) in [5, 5.41) is 0.